The Hall–Kier alpha value is -1.40. The normalized spacial score (nSPS) is 10.4. The lowest BCUT2D eigenvalue weighted by atomic mass is 10.2. The summed E-state index contributed by atoms with van der Waals surface area (Å²) in [4.78, 5) is 0. The van der Waals surface area contributed by atoms with E-state index < -0.39 is 0 Å². The van der Waals surface area contributed by atoms with Crippen LogP contribution in [0.15, 0.2) is 12.4 Å². The monoisotopic (exact) mass is 273 g/mol. The van der Waals surface area contributed by atoms with E-state index in [1.807, 2.05) is 20.2 Å². The molecule has 7 heteroatoms. The SMILES string of the molecule is Cc1nn(C)cc1CNCc1cnn(C)c1F.Cl. The highest BCUT2D eigenvalue weighted by atomic mass is 35.5. The second kappa shape index (κ2) is 5.97. The summed E-state index contributed by atoms with van der Waals surface area (Å²) < 4.78 is 16.4. The van der Waals surface area contributed by atoms with Crippen LogP contribution in [0.2, 0.25) is 0 Å². The van der Waals surface area contributed by atoms with Gasteiger partial charge in [0.05, 0.1) is 11.9 Å². The number of aromatic nitrogens is 4. The van der Waals surface area contributed by atoms with Gasteiger partial charge < -0.3 is 5.32 Å². The fourth-order valence-corrected chi connectivity index (χ4v) is 1.74. The molecule has 0 aliphatic carbocycles. The van der Waals surface area contributed by atoms with Gasteiger partial charge in [0.15, 0.2) is 0 Å². The van der Waals surface area contributed by atoms with Crippen molar-refractivity contribution in [1.29, 1.82) is 0 Å². The predicted octanol–water partition coefficient (Wildman–Crippen LogP) is 1.31. The molecule has 5 nitrogen and oxygen atoms in total. The van der Waals surface area contributed by atoms with Gasteiger partial charge in [-0.15, -0.1) is 12.4 Å². The third-order valence-electron chi connectivity index (χ3n) is 2.68. The zero-order chi connectivity index (χ0) is 12.4. The number of nitrogens with one attached hydrogen (secondary N) is 1. The van der Waals surface area contributed by atoms with Crippen LogP contribution in [-0.2, 0) is 27.2 Å². The molecule has 0 aliphatic heterocycles. The molecule has 0 amide bonds. The maximum Gasteiger partial charge on any atom is 0.215 e. The van der Waals surface area contributed by atoms with E-state index >= 15 is 0 Å². The zero-order valence-electron chi connectivity index (χ0n) is 10.6. The molecule has 0 atom stereocenters. The number of aryl methyl sites for hydroxylation is 3. The first kappa shape index (κ1) is 14.7. The molecule has 1 N–H and O–H groups in total. The molecule has 0 radical (unpaired) electrons. The van der Waals surface area contributed by atoms with Crippen LogP contribution in [-0.4, -0.2) is 19.6 Å². The molecule has 0 unspecified atom stereocenters. The molecule has 0 spiro atoms. The highest BCUT2D eigenvalue weighted by Gasteiger charge is 2.07. The van der Waals surface area contributed by atoms with Crippen molar-refractivity contribution in [2.45, 2.75) is 20.0 Å². The van der Waals surface area contributed by atoms with Gasteiger partial charge in [0.1, 0.15) is 0 Å². The van der Waals surface area contributed by atoms with Crippen LogP contribution < -0.4 is 5.32 Å². The first-order chi connectivity index (χ1) is 8.08. The highest BCUT2D eigenvalue weighted by Crippen LogP contribution is 2.07. The fourth-order valence-electron chi connectivity index (χ4n) is 1.74. The lowest BCUT2D eigenvalue weighted by Crippen LogP contribution is -2.13. The van der Waals surface area contributed by atoms with Crippen LogP contribution in [0.3, 0.4) is 0 Å². The van der Waals surface area contributed by atoms with Crippen molar-refractivity contribution in [2.75, 3.05) is 0 Å². The van der Waals surface area contributed by atoms with Crippen LogP contribution in [0.5, 0.6) is 0 Å². The molecule has 2 aromatic rings. The Morgan fingerprint density at radius 1 is 1.28 bits per heavy atom. The lowest BCUT2D eigenvalue weighted by Gasteiger charge is -2.02. The van der Waals surface area contributed by atoms with E-state index in [0.29, 0.717) is 18.7 Å². The van der Waals surface area contributed by atoms with Crippen LogP contribution >= 0.6 is 12.4 Å². The van der Waals surface area contributed by atoms with Gasteiger partial charge in [-0.2, -0.15) is 14.6 Å². The number of hydrogen-bond donors (Lipinski definition) is 1. The van der Waals surface area contributed by atoms with Crippen LogP contribution in [0.1, 0.15) is 16.8 Å². The van der Waals surface area contributed by atoms with Crippen LogP contribution in [0.4, 0.5) is 4.39 Å². The summed E-state index contributed by atoms with van der Waals surface area (Å²) in [6.45, 7) is 3.10. The number of hydrogen-bond acceptors (Lipinski definition) is 3. The fraction of sp³-hybridized carbons (Fsp3) is 0.455. The number of halogens is 2. The maximum atomic E-state index is 13.4. The Labute approximate surface area is 111 Å². The Morgan fingerprint density at radius 2 is 1.94 bits per heavy atom. The summed E-state index contributed by atoms with van der Waals surface area (Å²) in [6.07, 6.45) is 3.50. The quantitative estimate of drug-likeness (QED) is 0.914. The topological polar surface area (TPSA) is 47.7 Å². The van der Waals surface area contributed by atoms with E-state index in [4.69, 9.17) is 0 Å². The zero-order valence-corrected chi connectivity index (χ0v) is 11.5. The molecule has 2 rings (SSSR count). The molecule has 0 bridgehead atoms. The van der Waals surface area contributed by atoms with Crippen molar-refractivity contribution >= 4 is 12.4 Å². The molecule has 0 aliphatic rings. The van der Waals surface area contributed by atoms with Crippen molar-refractivity contribution in [3.8, 4) is 0 Å². The number of rotatable bonds is 4. The van der Waals surface area contributed by atoms with Gasteiger partial charge in [-0.1, -0.05) is 0 Å². The average Bonchev–Trinajstić information content (AvgIpc) is 2.75. The van der Waals surface area contributed by atoms with Crippen molar-refractivity contribution in [3.63, 3.8) is 0 Å². The highest BCUT2D eigenvalue weighted by molar-refractivity contribution is 5.85. The Balaban J connectivity index is 0.00000162. The predicted molar refractivity (Wildman–Crippen MR) is 68.9 cm³/mol. The molecule has 2 aromatic heterocycles. The lowest BCUT2D eigenvalue weighted by molar-refractivity contribution is 0.489. The summed E-state index contributed by atoms with van der Waals surface area (Å²) in [5.41, 5.74) is 2.69. The van der Waals surface area contributed by atoms with E-state index in [1.165, 1.54) is 4.68 Å². The molecule has 0 saturated heterocycles. The molecular weight excluding hydrogens is 257 g/mol. The van der Waals surface area contributed by atoms with Crippen molar-refractivity contribution in [1.82, 2.24) is 24.9 Å². The van der Waals surface area contributed by atoms with E-state index in [2.05, 4.69) is 15.5 Å². The summed E-state index contributed by atoms with van der Waals surface area (Å²) >= 11 is 0. The molecule has 0 aromatic carbocycles. The Morgan fingerprint density at radius 3 is 2.44 bits per heavy atom. The van der Waals surface area contributed by atoms with E-state index in [9.17, 15) is 4.39 Å². The molecular formula is C11H17ClFN5. The van der Waals surface area contributed by atoms with Gasteiger partial charge in [-0.05, 0) is 6.92 Å². The van der Waals surface area contributed by atoms with Crippen LogP contribution in [0, 0.1) is 12.9 Å². The van der Waals surface area contributed by atoms with E-state index in [1.54, 1.807) is 17.9 Å². The van der Waals surface area contributed by atoms with Gasteiger partial charge in [-0.3, -0.25) is 4.68 Å². The Kier molecular flexibility index (Phi) is 4.86. The smallest absolute Gasteiger partial charge is 0.215 e. The van der Waals surface area contributed by atoms with Gasteiger partial charge in [-0.25, -0.2) is 4.68 Å². The molecule has 2 heterocycles. The minimum Gasteiger partial charge on any atom is -0.308 e. The van der Waals surface area contributed by atoms with E-state index in [0.717, 1.165) is 11.3 Å². The minimum atomic E-state index is -0.291. The molecule has 100 valence electrons. The second-order valence-corrected chi connectivity index (χ2v) is 4.10. The standard InChI is InChI=1S/C11H16FN5.ClH/c1-8-10(7-16(2)15-8)5-13-4-9-6-14-17(3)11(9)12;/h6-7,13H,4-5H2,1-3H3;1H. The second-order valence-electron chi connectivity index (χ2n) is 4.10. The minimum absolute atomic E-state index is 0. The third-order valence-corrected chi connectivity index (χ3v) is 2.68. The van der Waals surface area contributed by atoms with Crippen molar-refractivity contribution < 1.29 is 4.39 Å². The van der Waals surface area contributed by atoms with Gasteiger partial charge in [0.2, 0.25) is 5.95 Å². The molecule has 18 heavy (non-hydrogen) atoms. The largest absolute Gasteiger partial charge is 0.308 e. The van der Waals surface area contributed by atoms with Gasteiger partial charge >= 0.3 is 0 Å². The summed E-state index contributed by atoms with van der Waals surface area (Å²) in [5, 5.41) is 11.3. The summed E-state index contributed by atoms with van der Waals surface area (Å²) in [7, 11) is 3.47. The van der Waals surface area contributed by atoms with Gasteiger partial charge in [0, 0.05) is 44.5 Å². The average molecular weight is 274 g/mol. The summed E-state index contributed by atoms with van der Waals surface area (Å²) in [6, 6.07) is 0. The molecule has 0 fully saturated rings. The third kappa shape index (κ3) is 3.08. The first-order valence-corrected chi connectivity index (χ1v) is 5.44. The van der Waals surface area contributed by atoms with Crippen LogP contribution in [0.25, 0.3) is 0 Å². The van der Waals surface area contributed by atoms with Crippen molar-refractivity contribution in [2.24, 2.45) is 14.1 Å². The number of nitrogens with zero attached hydrogens (tertiary/aromatic N) is 4. The van der Waals surface area contributed by atoms with Crippen molar-refractivity contribution in [3.05, 3.63) is 35.2 Å². The molecule has 0 saturated carbocycles. The first-order valence-electron chi connectivity index (χ1n) is 5.44. The van der Waals surface area contributed by atoms with Gasteiger partial charge in [0.25, 0.3) is 0 Å². The Bertz CT molecular complexity index is 517. The maximum absolute atomic E-state index is 13.4. The van der Waals surface area contributed by atoms with E-state index in [-0.39, 0.29) is 18.4 Å². The summed E-state index contributed by atoms with van der Waals surface area (Å²) in [5.74, 6) is -0.291.